The van der Waals surface area contributed by atoms with Crippen LogP contribution in [0.4, 0.5) is 34.1 Å². The monoisotopic (exact) mass is 980 g/mol. The highest BCUT2D eigenvalue weighted by Gasteiger charge is 2.45. The van der Waals surface area contributed by atoms with E-state index in [9.17, 15) is 0 Å². The Balaban J connectivity index is 1.00. The number of furan rings is 2. The smallest absolute Gasteiger partial charge is 0.252 e. The van der Waals surface area contributed by atoms with Gasteiger partial charge in [-0.25, -0.2) is 0 Å². The van der Waals surface area contributed by atoms with Gasteiger partial charge in [-0.1, -0.05) is 195 Å². The molecule has 12 aromatic rings. The SMILES string of the molecule is CC(C)(C)c1ccc2c(c1)B1c3cc(-c4cccc5c4oc4ccccc45)ccc3N(c3ccc(-c4cccc5c4oc4ccccc45)cc3)c3cc(C(C)(C)C)cc(c31)N2c1ccc2c(c1)C(C)(C)c1ccccc1-2. The molecule has 0 spiro atoms. The van der Waals surface area contributed by atoms with Crippen LogP contribution in [0.25, 0.3) is 77.3 Å². The molecule has 0 radical (unpaired) electrons. The Bertz CT molecular complexity index is 4420. The lowest BCUT2D eigenvalue weighted by atomic mass is 9.33. The van der Waals surface area contributed by atoms with Crippen LogP contribution in [0.2, 0.25) is 0 Å². The molecule has 10 aromatic carbocycles. The van der Waals surface area contributed by atoms with Gasteiger partial charge in [-0.3, -0.25) is 0 Å². The molecule has 0 bridgehead atoms. The number of hydrogen-bond acceptors (Lipinski definition) is 4. The predicted molar refractivity (Wildman–Crippen MR) is 321 cm³/mol. The van der Waals surface area contributed by atoms with Crippen molar-refractivity contribution < 1.29 is 8.83 Å². The van der Waals surface area contributed by atoms with E-state index in [1.54, 1.807) is 0 Å². The Morgan fingerprint density at radius 1 is 0.382 bits per heavy atom. The van der Waals surface area contributed by atoms with Gasteiger partial charge in [0.15, 0.2) is 0 Å². The lowest BCUT2D eigenvalue weighted by molar-refractivity contribution is 0.590. The summed E-state index contributed by atoms with van der Waals surface area (Å²) < 4.78 is 13.4. The van der Waals surface area contributed by atoms with E-state index in [1.165, 1.54) is 78.2 Å². The Hall–Kier alpha value is -8.54. The standard InChI is InChI=1S/C71H57BN2O2/c1-69(2,3)44-30-36-61-59(38-44)72-58-37-43(49-21-16-23-55-53-19-11-14-26-65(53)76-68(49)55)29-35-60(58)73(46-31-27-42(28-32-46)48-20-15-22-54-52-18-10-13-25-64(52)75-67(48)54)62-39-45(70(4,5)6)40-63(66(62)72)74(61)47-33-34-51-50-17-9-12-24-56(50)71(7,8)57(51)41-47/h9-41H,1-8H3. The highest BCUT2D eigenvalue weighted by Crippen LogP contribution is 2.53. The highest BCUT2D eigenvalue weighted by molar-refractivity contribution is 7.00. The van der Waals surface area contributed by atoms with Gasteiger partial charge in [0, 0.05) is 72.2 Å². The van der Waals surface area contributed by atoms with Gasteiger partial charge in [-0.2, -0.15) is 0 Å². The first-order valence-corrected chi connectivity index (χ1v) is 26.9. The van der Waals surface area contributed by atoms with Gasteiger partial charge in [0.05, 0.1) is 0 Å². The third kappa shape index (κ3) is 6.44. The van der Waals surface area contributed by atoms with Crippen LogP contribution in [0.15, 0.2) is 209 Å². The van der Waals surface area contributed by atoms with Gasteiger partial charge < -0.3 is 18.6 Å². The molecule has 2 aromatic heterocycles. The van der Waals surface area contributed by atoms with Crippen molar-refractivity contribution in [3.05, 3.63) is 222 Å². The summed E-state index contributed by atoms with van der Waals surface area (Å²) in [6, 6.07) is 74.8. The van der Waals surface area contributed by atoms with Crippen LogP contribution in [0, 0.1) is 0 Å². The second-order valence-electron chi connectivity index (χ2n) is 24.1. The number of anilines is 6. The zero-order chi connectivity index (χ0) is 51.6. The van der Waals surface area contributed by atoms with Crippen LogP contribution in [-0.2, 0) is 16.2 Å². The van der Waals surface area contributed by atoms with E-state index in [0.717, 1.165) is 71.8 Å². The maximum atomic E-state index is 6.76. The minimum atomic E-state index is -0.166. The van der Waals surface area contributed by atoms with Crippen molar-refractivity contribution in [2.24, 2.45) is 0 Å². The fraction of sp³-hybridized carbons (Fsp3) is 0.155. The highest BCUT2D eigenvalue weighted by atomic mass is 16.3. The molecule has 0 saturated heterocycles. The molecule has 0 atom stereocenters. The number of fused-ring (bicyclic) bond motifs is 13. The van der Waals surface area contributed by atoms with Gasteiger partial charge in [-0.15, -0.1) is 0 Å². The molecular weight excluding hydrogens is 924 g/mol. The van der Waals surface area contributed by atoms with Crippen LogP contribution in [-0.4, -0.2) is 6.71 Å². The molecule has 76 heavy (non-hydrogen) atoms. The summed E-state index contributed by atoms with van der Waals surface area (Å²) in [5.74, 6) is 0. The molecule has 366 valence electrons. The average Bonchev–Trinajstić information content (AvgIpc) is 4.13. The lowest BCUT2D eigenvalue weighted by Crippen LogP contribution is -2.61. The maximum absolute atomic E-state index is 6.76. The summed E-state index contributed by atoms with van der Waals surface area (Å²) in [5, 5.41) is 4.52. The molecule has 15 rings (SSSR count). The topological polar surface area (TPSA) is 32.8 Å². The molecule has 0 N–H and O–H groups in total. The summed E-state index contributed by atoms with van der Waals surface area (Å²) in [4.78, 5) is 5.15. The maximum Gasteiger partial charge on any atom is 0.252 e. The number of benzene rings is 10. The molecule has 0 unspecified atom stereocenters. The van der Waals surface area contributed by atoms with Crippen LogP contribution in [0.5, 0.6) is 0 Å². The second kappa shape index (κ2) is 15.8. The van der Waals surface area contributed by atoms with Crippen LogP contribution >= 0.6 is 0 Å². The van der Waals surface area contributed by atoms with Gasteiger partial charge in [0.25, 0.3) is 6.71 Å². The first-order valence-electron chi connectivity index (χ1n) is 26.9. The Morgan fingerprint density at radius 2 is 0.882 bits per heavy atom. The summed E-state index contributed by atoms with van der Waals surface area (Å²) in [6.45, 7) is 18.8. The molecule has 2 aliphatic heterocycles. The van der Waals surface area contributed by atoms with Crippen molar-refractivity contribution in [3.63, 3.8) is 0 Å². The minimum Gasteiger partial charge on any atom is -0.455 e. The van der Waals surface area contributed by atoms with Crippen LogP contribution in [0.3, 0.4) is 0 Å². The largest absolute Gasteiger partial charge is 0.455 e. The summed E-state index contributed by atoms with van der Waals surface area (Å²) >= 11 is 0. The van der Waals surface area contributed by atoms with Gasteiger partial charge in [0.1, 0.15) is 22.3 Å². The quantitative estimate of drug-likeness (QED) is 0.165. The number of rotatable bonds is 4. The van der Waals surface area contributed by atoms with Crippen molar-refractivity contribution >= 4 is 101 Å². The molecule has 0 fully saturated rings. The van der Waals surface area contributed by atoms with E-state index in [2.05, 4.69) is 259 Å². The Morgan fingerprint density at radius 3 is 1.53 bits per heavy atom. The molecular formula is C71H57BN2O2. The predicted octanol–water partition coefficient (Wildman–Crippen LogP) is 17.8. The van der Waals surface area contributed by atoms with Crippen LogP contribution in [0.1, 0.15) is 77.6 Å². The first kappa shape index (κ1) is 44.9. The Kier molecular flexibility index (Phi) is 9.31. The third-order valence-corrected chi connectivity index (χ3v) is 17.2. The number of para-hydroxylation sites is 4. The van der Waals surface area contributed by atoms with Crippen LogP contribution < -0.4 is 26.2 Å². The molecule has 3 aliphatic rings. The fourth-order valence-corrected chi connectivity index (χ4v) is 13.2. The van der Waals surface area contributed by atoms with E-state index in [1.807, 2.05) is 6.07 Å². The van der Waals surface area contributed by atoms with Crippen molar-refractivity contribution in [2.75, 3.05) is 9.80 Å². The van der Waals surface area contributed by atoms with E-state index < -0.39 is 0 Å². The molecule has 5 heteroatoms. The average molecular weight is 981 g/mol. The number of nitrogens with zero attached hydrogens (tertiary/aromatic N) is 2. The first-order chi connectivity index (χ1) is 36.7. The van der Waals surface area contributed by atoms with E-state index in [-0.39, 0.29) is 23.0 Å². The van der Waals surface area contributed by atoms with Crippen molar-refractivity contribution in [2.45, 2.75) is 71.6 Å². The zero-order valence-electron chi connectivity index (χ0n) is 44.3. The molecule has 4 heterocycles. The molecule has 0 amide bonds. The fourth-order valence-electron chi connectivity index (χ4n) is 13.2. The molecule has 4 nitrogen and oxygen atoms in total. The van der Waals surface area contributed by atoms with Crippen molar-refractivity contribution in [1.29, 1.82) is 0 Å². The normalized spacial score (nSPS) is 14.3. The van der Waals surface area contributed by atoms with Gasteiger partial charge >= 0.3 is 0 Å². The third-order valence-electron chi connectivity index (χ3n) is 17.2. The second-order valence-corrected chi connectivity index (χ2v) is 24.1. The summed E-state index contributed by atoms with van der Waals surface area (Å²) in [6.07, 6.45) is 0. The van der Waals surface area contributed by atoms with Gasteiger partial charge in [-0.05, 0) is 132 Å². The summed E-state index contributed by atoms with van der Waals surface area (Å²) in [7, 11) is 0. The van der Waals surface area contributed by atoms with Gasteiger partial charge in [0.2, 0.25) is 0 Å². The lowest BCUT2D eigenvalue weighted by Gasteiger charge is -2.45. The summed E-state index contributed by atoms with van der Waals surface area (Å²) in [5.41, 5.74) is 26.5. The van der Waals surface area contributed by atoms with Crippen molar-refractivity contribution in [3.8, 4) is 33.4 Å². The number of hydrogen-bond donors (Lipinski definition) is 0. The van der Waals surface area contributed by atoms with E-state index in [0.29, 0.717) is 0 Å². The molecule has 1 aliphatic carbocycles. The zero-order valence-corrected chi connectivity index (χ0v) is 44.3. The Labute approximate surface area is 444 Å². The minimum absolute atomic E-state index is 0.0841. The van der Waals surface area contributed by atoms with E-state index >= 15 is 0 Å². The van der Waals surface area contributed by atoms with E-state index in [4.69, 9.17) is 8.83 Å². The van der Waals surface area contributed by atoms with Crippen molar-refractivity contribution in [1.82, 2.24) is 0 Å². The molecule has 0 saturated carbocycles.